The van der Waals surface area contributed by atoms with Crippen LogP contribution in [0.4, 0.5) is 0 Å². The lowest BCUT2D eigenvalue weighted by molar-refractivity contribution is 0.459. The van der Waals surface area contributed by atoms with Gasteiger partial charge in [0.25, 0.3) is 0 Å². The lowest BCUT2D eigenvalue weighted by Gasteiger charge is -2.18. The van der Waals surface area contributed by atoms with E-state index in [0.29, 0.717) is 10.8 Å². The summed E-state index contributed by atoms with van der Waals surface area (Å²) < 4.78 is 0. The van der Waals surface area contributed by atoms with Crippen LogP contribution in [-0.4, -0.2) is 11.7 Å². The summed E-state index contributed by atoms with van der Waals surface area (Å²) in [7, 11) is 0. The molecule has 0 saturated carbocycles. The molecule has 2 N–H and O–H groups in total. The molecule has 1 aliphatic heterocycles. The highest BCUT2D eigenvalue weighted by molar-refractivity contribution is 6.30. The Bertz CT molecular complexity index is 312. The summed E-state index contributed by atoms with van der Waals surface area (Å²) in [6, 6.07) is 3.52. The van der Waals surface area contributed by atoms with Gasteiger partial charge in [0.2, 0.25) is 0 Å². The first-order valence-corrected chi connectivity index (χ1v) is 4.36. The van der Waals surface area contributed by atoms with E-state index in [1.165, 1.54) is 5.56 Å². The van der Waals surface area contributed by atoms with Crippen molar-refractivity contribution >= 4 is 11.6 Å². The molecule has 0 bridgehead atoms. The second-order valence-corrected chi connectivity index (χ2v) is 3.43. The fraction of sp³-hybridized carbons (Fsp3) is 0.333. The van der Waals surface area contributed by atoms with Crippen molar-refractivity contribution in [3.05, 3.63) is 28.3 Å². The molecule has 0 radical (unpaired) electrons. The highest BCUT2D eigenvalue weighted by atomic mass is 35.5. The van der Waals surface area contributed by atoms with E-state index >= 15 is 0 Å². The normalized spacial score (nSPS) is 15.8. The SMILES string of the molecule is Oc1cc(Cl)cc2c1CNCC2. The molecule has 0 atom stereocenters. The van der Waals surface area contributed by atoms with Crippen molar-refractivity contribution in [2.45, 2.75) is 13.0 Å². The molecule has 1 heterocycles. The molecule has 1 aliphatic rings. The van der Waals surface area contributed by atoms with E-state index < -0.39 is 0 Å². The lowest BCUT2D eigenvalue weighted by Crippen LogP contribution is -2.23. The van der Waals surface area contributed by atoms with Crippen LogP contribution in [0.3, 0.4) is 0 Å². The average Bonchev–Trinajstić information content (AvgIpc) is 2.04. The predicted octanol–water partition coefficient (Wildman–Crippen LogP) is 1.69. The minimum Gasteiger partial charge on any atom is -0.508 e. The molecule has 1 aromatic rings. The minimum atomic E-state index is 0.310. The van der Waals surface area contributed by atoms with Crippen LogP contribution < -0.4 is 5.32 Å². The summed E-state index contributed by atoms with van der Waals surface area (Å²) in [5, 5.41) is 13.3. The summed E-state index contributed by atoms with van der Waals surface area (Å²) in [5.41, 5.74) is 2.16. The summed E-state index contributed by atoms with van der Waals surface area (Å²) in [6.45, 7) is 1.71. The van der Waals surface area contributed by atoms with Crippen LogP contribution in [0.25, 0.3) is 0 Å². The van der Waals surface area contributed by atoms with E-state index in [2.05, 4.69) is 5.32 Å². The third-order valence-electron chi connectivity index (χ3n) is 2.16. The van der Waals surface area contributed by atoms with Gasteiger partial charge in [-0.1, -0.05) is 11.6 Å². The van der Waals surface area contributed by atoms with Gasteiger partial charge in [-0.3, -0.25) is 0 Å². The first-order valence-electron chi connectivity index (χ1n) is 3.98. The topological polar surface area (TPSA) is 32.3 Å². The number of nitrogens with one attached hydrogen (secondary N) is 1. The van der Waals surface area contributed by atoms with E-state index in [9.17, 15) is 5.11 Å². The summed E-state index contributed by atoms with van der Waals surface area (Å²) in [5.74, 6) is 0.310. The van der Waals surface area contributed by atoms with Gasteiger partial charge in [-0.25, -0.2) is 0 Å². The van der Waals surface area contributed by atoms with Crippen LogP contribution in [0.2, 0.25) is 5.02 Å². The van der Waals surface area contributed by atoms with E-state index in [1.807, 2.05) is 6.07 Å². The van der Waals surface area contributed by atoms with Gasteiger partial charge in [0.1, 0.15) is 5.75 Å². The van der Waals surface area contributed by atoms with Crippen LogP contribution >= 0.6 is 11.6 Å². The summed E-state index contributed by atoms with van der Waals surface area (Å²) in [4.78, 5) is 0. The number of phenols is 1. The molecule has 1 aromatic carbocycles. The van der Waals surface area contributed by atoms with Gasteiger partial charge in [-0.2, -0.15) is 0 Å². The molecule has 0 aromatic heterocycles. The molecule has 3 heteroatoms. The van der Waals surface area contributed by atoms with Crippen molar-refractivity contribution < 1.29 is 5.11 Å². The number of fused-ring (bicyclic) bond motifs is 1. The zero-order valence-corrected chi connectivity index (χ0v) is 7.36. The van der Waals surface area contributed by atoms with Crippen molar-refractivity contribution in [3.8, 4) is 5.75 Å². The maximum absolute atomic E-state index is 9.51. The summed E-state index contributed by atoms with van der Waals surface area (Å²) in [6.07, 6.45) is 0.948. The first kappa shape index (κ1) is 7.90. The van der Waals surface area contributed by atoms with Crippen LogP contribution in [0, 0.1) is 0 Å². The molecule has 0 unspecified atom stereocenters. The zero-order chi connectivity index (χ0) is 8.55. The smallest absolute Gasteiger partial charge is 0.121 e. The Kier molecular flexibility index (Phi) is 1.95. The van der Waals surface area contributed by atoms with Crippen molar-refractivity contribution in [3.63, 3.8) is 0 Å². The van der Waals surface area contributed by atoms with E-state index in [1.54, 1.807) is 6.07 Å². The van der Waals surface area contributed by atoms with Gasteiger partial charge >= 0.3 is 0 Å². The number of phenolic OH excluding ortho intramolecular Hbond substituents is 1. The van der Waals surface area contributed by atoms with Crippen molar-refractivity contribution in [1.29, 1.82) is 0 Å². The molecule has 0 saturated heterocycles. The molecule has 12 heavy (non-hydrogen) atoms. The van der Waals surface area contributed by atoms with Crippen molar-refractivity contribution in [2.75, 3.05) is 6.54 Å². The molecule has 64 valence electrons. The molecule has 0 spiro atoms. The zero-order valence-electron chi connectivity index (χ0n) is 6.60. The largest absolute Gasteiger partial charge is 0.508 e. The van der Waals surface area contributed by atoms with Gasteiger partial charge < -0.3 is 10.4 Å². The third kappa shape index (κ3) is 1.28. The number of rotatable bonds is 0. The lowest BCUT2D eigenvalue weighted by atomic mass is 10.0. The van der Waals surface area contributed by atoms with Crippen LogP contribution in [-0.2, 0) is 13.0 Å². The second-order valence-electron chi connectivity index (χ2n) is 2.99. The minimum absolute atomic E-state index is 0.310. The first-order chi connectivity index (χ1) is 5.77. The Morgan fingerprint density at radius 2 is 2.25 bits per heavy atom. The molecule has 2 rings (SSSR count). The Hall–Kier alpha value is -0.730. The Balaban J connectivity index is 2.53. The highest BCUT2D eigenvalue weighted by Gasteiger charge is 2.12. The fourth-order valence-electron chi connectivity index (χ4n) is 1.54. The molecular weight excluding hydrogens is 174 g/mol. The molecule has 0 fully saturated rings. The predicted molar refractivity (Wildman–Crippen MR) is 48.5 cm³/mol. The molecule has 0 aliphatic carbocycles. The number of benzene rings is 1. The highest BCUT2D eigenvalue weighted by Crippen LogP contribution is 2.28. The van der Waals surface area contributed by atoms with Gasteiger partial charge in [0.15, 0.2) is 0 Å². The molecular formula is C9H10ClNO. The van der Waals surface area contributed by atoms with Crippen LogP contribution in [0.5, 0.6) is 5.75 Å². The third-order valence-corrected chi connectivity index (χ3v) is 2.37. The van der Waals surface area contributed by atoms with Gasteiger partial charge in [-0.15, -0.1) is 0 Å². The molecule has 0 amide bonds. The number of hydrogen-bond donors (Lipinski definition) is 2. The monoisotopic (exact) mass is 183 g/mol. The quantitative estimate of drug-likeness (QED) is 0.642. The van der Waals surface area contributed by atoms with E-state index in [-0.39, 0.29) is 0 Å². The number of halogens is 1. The Morgan fingerprint density at radius 3 is 3.08 bits per heavy atom. The van der Waals surface area contributed by atoms with Crippen molar-refractivity contribution in [2.24, 2.45) is 0 Å². The van der Waals surface area contributed by atoms with Crippen LogP contribution in [0.15, 0.2) is 12.1 Å². The van der Waals surface area contributed by atoms with Gasteiger partial charge in [0.05, 0.1) is 0 Å². The number of aromatic hydroxyl groups is 1. The average molecular weight is 184 g/mol. The summed E-state index contributed by atoms with van der Waals surface area (Å²) >= 11 is 5.80. The Labute approximate surface area is 76.2 Å². The van der Waals surface area contributed by atoms with E-state index in [4.69, 9.17) is 11.6 Å². The molecule has 2 nitrogen and oxygen atoms in total. The van der Waals surface area contributed by atoms with E-state index in [0.717, 1.165) is 25.1 Å². The second kappa shape index (κ2) is 2.96. The van der Waals surface area contributed by atoms with Gasteiger partial charge in [0, 0.05) is 17.1 Å². The maximum Gasteiger partial charge on any atom is 0.121 e. The Morgan fingerprint density at radius 1 is 1.42 bits per heavy atom. The fourth-order valence-corrected chi connectivity index (χ4v) is 1.78. The maximum atomic E-state index is 9.51. The van der Waals surface area contributed by atoms with Crippen molar-refractivity contribution in [1.82, 2.24) is 5.32 Å². The van der Waals surface area contributed by atoms with Gasteiger partial charge in [-0.05, 0) is 30.7 Å². The van der Waals surface area contributed by atoms with Crippen LogP contribution in [0.1, 0.15) is 11.1 Å². The standard InChI is InChI=1S/C9H10ClNO/c10-7-3-6-1-2-11-5-8(6)9(12)4-7/h3-4,11-12H,1-2,5H2. The number of hydrogen-bond acceptors (Lipinski definition) is 2.